The van der Waals surface area contributed by atoms with Crippen molar-refractivity contribution in [2.75, 3.05) is 25.1 Å². The molecule has 3 aromatic rings. The molecule has 1 fully saturated rings. The van der Waals surface area contributed by atoms with Gasteiger partial charge in [0.15, 0.2) is 0 Å². The highest BCUT2D eigenvalue weighted by Crippen LogP contribution is 2.32. The molecule has 1 aliphatic heterocycles. The van der Waals surface area contributed by atoms with Gasteiger partial charge in [0.25, 0.3) is 0 Å². The molecule has 3 heterocycles. The van der Waals surface area contributed by atoms with Gasteiger partial charge in [-0.05, 0) is 44.4 Å². The van der Waals surface area contributed by atoms with Crippen LogP contribution in [0.25, 0.3) is 10.9 Å². The third-order valence-corrected chi connectivity index (χ3v) is 5.41. The Morgan fingerprint density at radius 1 is 1.31 bits per heavy atom. The fourth-order valence-corrected chi connectivity index (χ4v) is 4.04. The van der Waals surface area contributed by atoms with Crippen LogP contribution in [0.4, 0.5) is 5.82 Å². The first-order valence-corrected chi connectivity index (χ1v) is 9.41. The van der Waals surface area contributed by atoms with Crippen molar-refractivity contribution in [2.45, 2.75) is 39.2 Å². The summed E-state index contributed by atoms with van der Waals surface area (Å²) in [7, 11) is 1.71. The largest absolute Gasteiger partial charge is 0.494 e. The van der Waals surface area contributed by atoms with E-state index in [1.54, 1.807) is 7.11 Å². The molecule has 0 saturated carbocycles. The summed E-state index contributed by atoms with van der Waals surface area (Å²) in [4.78, 5) is 12.0. The van der Waals surface area contributed by atoms with E-state index in [4.69, 9.17) is 9.72 Å². The molecule has 0 unspecified atom stereocenters. The first kappa shape index (κ1) is 16.9. The van der Waals surface area contributed by atoms with Crippen LogP contribution in [0.15, 0.2) is 36.7 Å². The van der Waals surface area contributed by atoms with E-state index in [9.17, 15) is 0 Å². The van der Waals surface area contributed by atoms with E-state index >= 15 is 0 Å². The SMILES string of the molecule is CCn1ccnc1[C@H]1CCCN(c2cc(C)c3cccc(OC)c3n2)C1. The fourth-order valence-electron chi connectivity index (χ4n) is 4.04. The fraction of sp³-hybridized carbons (Fsp3) is 0.429. The number of para-hydroxylation sites is 1. The van der Waals surface area contributed by atoms with Crippen molar-refractivity contribution in [2.24, 2.45) is 0 Å². The molecular formula is C21H26N4O. The Morgan fingerprint density at radius 3 is 3.00 bits per heavy atom. The van der Waals surface area contributed by atoms with Crippen molar-refractivity contribution >= 4 is 16.7 Å². The number of rotatable bonds is 4. The van der Waals surface area contributed by atoms with E-state index in [1.807, 2.05) is 18.3 Å². The lowest BCUT2D eigenvalue weighted by atomic mass is 9.97. The molecule has 0 radical (unpaired) electrons. The average molecular weight is 350 g/mol. The molecule has 1 saturated heterocycles. The first-order chi connectivity index (χ1) is 12.7. The van der Waals surface area contributed by atoms with Crippen molar-refractivity contribution < 1.29 is 4.74 Å². The monoisotopic (exact) mass is 350 g/mol. The van der Waals surface area contributed by atoms with Gasteiger partial charge in [-0.1, -0.05) is 12.1 Å². The number of pyridine rings is 1. The maximum atomic E-state index is 5.54. The van der Waals surface area contributed by atoms with E-state index in [-0.39, 0.29) is 0 Å². The number of fused-ring (bicyclic) bond motifs is 1. The summed E-state index contributed by atoms with van der Waals surface area (Å²) in [6.45, 7) is 7.29. The van der Waals surface area contributed by atoms with Crippen LogP contribution in [0.2, 0.25) is 0 Å². The minimum Gasteiger partial charge on any atom is -0.494 e. The summed E-state index contributed by atoms with van der Waals surface area (Å²) < 4.78 is 7.80. The van der Waals surface area contributed by atoms with E-state index in [2.05, 4.69) is 46.6 Å². The van der Waals surface area contributed by atoms with Crippen molar-refractivity contribution in [3.63, 3.8) is 0 Å². The van der Waals surface area contributed by atoms with Crippen molar-refractivity contribution in [3.8, 4) is 5.75 Å². The standard InChI is InChI=1S/C21H26N4O/c1-4-24-12-10-22-21(24)16-7-6-11-25(14-16)19-13-15(2)17-8-5-9-18(26-3)20(17)23-19/h5,8-10,12-13,16H,4,6-7,11,14H2,1-3H3/t16-/m0/s1. The third kappa shape index (κ3) is 2.91. The number of benzene rings is 1. The number of aromatic nitrogens is 3. The van der Waals surface area contributed by atoms with E-state index < -0.39 is 0 Å². The highest BCUT2D eigenvalue weighted by atomic mass is 16.5. The minimum absolute atomic E-state index is 0.453. The number of imidazole rings is 1. The van der Waals surface area contributed by atoms with Crippen LogP contribution in [0.1, 0.15) is 37.1 Å². The smallest absolute Gasteiger partial charge is 0.145 e. The highest BCUT2D eigenvalue weighted by Gasteiger charge is 2.25. The molecule has 1 aliphatic rings. The maximum Gasteiger partial charge on any atom is 0.145 e. The van der Waals surface area contributed by atoms with Crippen LogP contribution < -0.4 is 9.64 Å². The molecule has 0 amide bonds. The number of anilines is 1. The second-order valence-electron chi connectivity index (χ2n) is 7.01. The molecule has 26 heavy (non-hydrogen) atoms. The molecule has 0 aliphatic carbocycles. The Kier molecular flexibility index (Phi) is 4.53. The van der Waals surface area contributed by atoms with Gasteiger partial charge in [-0.3, -0.25) is 0 Å². The quantitative estimate of drug-likeness (QED) is 0.709. The van der Waals surface area contributed by atoms with Crippen LogP contribution in [0.5, 0.6) is 5.75 Å². The lowest BCUT2D eigenvalue weighted by Crippen LogP contribution is -2.36. The zero-order chi connectivity index (χ0) is 18.1. The molecule has 4 rings (SSSR count). The Labute approximate surface area is 154 Å². The molecule has 5 nitrogen and oxygen atoms in total. The van der Waals surface area contributed by atoms with Gasteiger partial charge in [-0.15, -0.1) is 0 Å². The van der Waals surface area contributed by atoms with Gasteiger partial charge < -0.3 is 14.2 Å². The molecule has 0 N–H and O–H groups in total. The predicted octanol–water partition coefficient (Wildman–Crippen LogP) is 4.15. The zero-order valence-electron chi connectivity index (χ0n) is 15.8. The number of aryl methyl sites for hydroxylation is 2. The third-order valence-electron chi connectivity index (χ3n) is 5.41. The van der Waals surface area contributed by atoms with Crippen molar-refractivity contribution in [3.05, 3.63) is 48.0 Å². The van der Waals surface area contributed by atoms with Gasteiger partial charge in [-0.25, -0.2) is 9.97 Å². The Bertz CT molecular complexity index is 918. The summed E-state index contributed by atoms with van der Waals surface area (Å²) in [5, 5.41) is 1.16. The molecule has 1 aromatic carbocycles. The van der Waals surface area contributed by atoms with Crippen LogP contribution in [0, 0.1) is 6.92 Å². The number of ether oxygens (including phenoxy) is 1. The number of nitrogens with zero attached hydrogens (tertiary/aromatic N) is 4. The Hall–Kier alpha value is -2.56. The van der Waals surface area contributed by atoms with Gasteiger partial charge in [-0.2, -0.15) is 0 Å². The first-order valence-electron chi connectivity index (χ1n) is 9.41. The molecule has 0 bridgehead atoms. The van der Waals surface area contributed by atoms with Gasteiger partial charge in [0.05, 0.1) is 7.11 Å². The molecule has 2 aromatic heterocycles. The zero-order valence-corrected chi connectivity index (χ0v) is 15.8. The van der Waals surface area contributed by atoms with Gasteiger partial charge >= 0.3 is 0 Å². The van der Waals surface area contributed by atoms with E-state index in [0.29, 0.717) is 5.92 Å². The maximum absolute atomic E-state index is 5.54. The normalized spacial score (nSPS) is 17.7. The van der Waals surface area contributed by atoms with E-state index in [0.717, 1.165) is 48.5 Å². The van der Waals surface area contributed by atoms with Gasteiger partial charge in [0, 0.05) is 43.3 Å². The average Bonchev–Trinajstić information content (AvgIpc) is 3.16. The van der Waals surface area contributed by atoms with Crippen LogP contribution in [-0.4, -0.2) is 34.7 Å². The van der Waals surface area contributed by atoms with Crippen LogP contribution >= 0.6 is 0 Å². The topological polar surface area (TPSA) is 43.2 Å². The molecule has 0 spiro atoms. The molecule has 136 valence electrons. The lowest BCUT2D eigenvalue weighted by molar-refractivity contribution is 0.418. The second-order valence-corrected chi connectivity index (χ2v) is 7.01. The van der Waals surface area contributed by atoms with Crippen molar-refractivity contribution in [1.29, 1.82) is 0 Å². The lowest BCUT2D eigenvalue weighted by Gasteiger charge is -2.34. The van der Waals surface area contributed by atoms with Gasteiger partial charge in [0.2, 0.25) is 0 Å². The van der Waals surface area contributed by atoms with Gasteiger partial charge in [0.1, 0.15) is 22.9 Å². The number of piperidine rings is 1. The summed E-state index contributed by atoms with van der Waals surface area (Å²) >= 11 is 0. The van der Waals surface area contributed by atoms with E-state index in [1.165, 1.54) is 17.8 Å². The number of hydrogen-bond acceptors (Lipinski definition) is 4. The van der Waals surface area contributed by atoms with Crippen LogP contribution in [-0.2, 0) is 6.54 Å². The molecule has 5 heteroatoms. The summed E-state index contributed by atoms with van der Waals surface area (Å²) in [5.41, 5.74) is 2.18. The second kappa shape index (κ2) is 6.98. The minimum atomic E-state index is 0.453. The van der Waals surface area contributed by atoms with Crippen molar-refractivity contribution in [1.82, 2.24) is 14.5 Å². The summed E-state index contributed by atoms with van der Waals surface area (Å²) in [6, 6.07) is 8.32. The molecular weight excluding hydrogens is 324 g/mol. The Morgan fingerprint density at radius 2 is 2.19 bits per heavy atom. The number of methoxy groups -OCH3 is 1. The summed E-state index contributed by atoms with van der Waals surface area (Å²) in [6.07, 6.45) is 6.34. The predicted molar refractivity (Wildman–Crippen MR) is 105 cm³/mol. The number of hydrogen-bond donors (Lipinski definition) is 0. The molecule has 1 atom stereocenters. The van der Waals surface area contributed by atoms with Crippen LogP contribution in [0.3, 0.4) is 0 Å². The Balaban J connectivity index is 1.68. The highest BCUT2D eigenvalue weighted by molar-refractivity contribution is 5.88. The summed E-state index contributed by atoms with van der Waals surface area (Å²) in [5.74, 6) is 3.53.